The van der Waals surface area contributed by atoms with Gasteiger partial charge in [-0.2, -0.15) is 5.56 Å². The molecule has 4 heteroatoms. The number of fused-ring (bicyclic) bond motifs is 1. The Bertz CT molecular complexity index is 466. The molecule has 1 nitrogen and oxygen atoms in total. The van der Waals surface area contributed by atoms with E-state index in [4.69, 9.17) is 0 Å². The predicted octanol–water partition coefficient (Wildman–Crippen LogP) is -3.02. The maximum Gasteiger partial charge on any atom is 3.00 e. The molecule has 0 amide bonds. The van der Waals surface area contributed by atoms with Crippen molar-refractivity contribution in [3.8, 4) is 0 Å². The average Bonchev–Trinajstić information content (AvgIpc) is 2.54. The summed E-state index contributed by atoms with van der Waals surface area (Å²) in [6, 6.07) is 11.0. The van der Waals surface area contributed by atoms with Crippen LogP contribution in [0.5, 0.6) is 0 Å². The van der Waals surface area contributed by atoms with Crippen molar-refractivity contribution in [2.75, 3.05) is 20.6 Å². The Balaban J connectivity index is 0. The first-order chi connectivity index (χ1) is 7.18. The maximum absolute atomic E-state index is 2.33. The van der Waals surface area contributed by atoms with Crippen LogP contribution in [0.2, 0.25) is 0 Å². The van der Waals surface area contributed by atoms with Gasteiger partial charge in [0.05, 0.1) is 0 Å². The summed E-state index contributed by atoms with van der Waals surface area (Å²) in [6.07, 6.45) is 1.15. The van der Waals surface area contributed by atoms with Gasteiger partial charge >= 0.3 is 21.7 Å². The van der Waals surface area contributed by atoms with Crippen LogP contribution < -0.4 is 24.8 Å². The topological polar surface area (TPSA) is 3.24 Å². The molecule has 0 saturated carbocycles. The van der Waals surface area contributed by atoms with Gasteiger partial charge < -0.3 is 29.7 Å². The van der Waals surface area contributed by atoms with Crippen LogP contribution in [0.25, 0.3) is 10.8 Å². The van der Waals surface area contributed by atoms with Gasteiger partial charge in [0.25, 0.3) is 0 Å². The summed E-state index contributed by atoms with van der Waals surface area (Å²) in [4.78, 5) is 2.23. The fourth-order valence-corrected chi connectivity index (χ4v) is 2.04. The molecule has 0 fully saturated rings. The number of likely N-dealkylation sites (N-methyl/N-ethyl adjacent to an activating group) is 1. The predicted molar refractivity (Wildman–Crippen MR) is 66.5 cm³/mol. The monoisotopic (exact) mass is 318 g/mol. The molecule has 0 unspecified atom stereocenters. The third-order valence-corrected chi connectivity index (χ3v) is 3.00. The Labute approximate surface area is 137 Å². The summed E-state index contributed by atoms with van der Waals surface area (Å²) in [5, 5.41) is 2.79. The first-order valence-electron chi connectivity index (χ1n) is 5.47. The van der Waals surface area contributed by atoms with Gasteiger partial charge in [-0.25, -0.2) is 0 Å². The molecule has 0 bridgehead atoms. The van der Waals surface area contributed by atoms with E-state index in [9.17, 15) is 0 Å². The molecular weight excluding hydrogens is 301 g/mol. The van der Waals surface area contributed by atoms with E-state index in [1.165, 1.54) is 21.9 Å². The molecule has 97 valence electrons. The summed E-state index contributed by atoms with van der Waals surface area (Å²) in [5.74, 6) is 0. The van der Waals surface area contributed by atoms with Crippen molar-refractivity contribution in [3.63, 3.8) is 0 Å². The number of hydrogen-bond donors (Lipinski definition) is 0. The second-order valence-electron chi connectivity index (χ2n) is 4.44. The largest absolute Gasteiger partial charge is 3.00 e. The molecule has 1 radical (unpaired) electrons. The number of hydrogen-bond acceptors (Lipinski definition) is 1. The molecule has 0 aliphatic heterocycles. The molecule has 0 N–H and O–H groups in total. The van der Waals surface area contributed by atoms with Crippen molar-refractivity contribution in [3.05, 3.63) is 41.5 Å². The second-order valence-corrected chi connectivity index (χ2v) is 4.44. The van der Waals surface area contributed by atoms with Gasteiger partial charge in [-0.1, -0.05) is 13.0 Å². The van der Waals surface area contributed by atoms with Gasteiger partial charge in [-0.05, 0) is 20.5 Å². The number of halogens is 2. The minimum atomic E-state index is 0. The SMILES string of the molecule is Cc1c(CCN(C)C)[cH-]c2ccccc12.[Cl-].[Cl-].[Ti+3]. The van der Waals surface area contributed by atoms with Gasteiger partial charge in [0.1, 0.15) is 0 Å². The first-order valence-corrected chi connectivity index (χ1v) is 5.47. The number of rotatable bonds is 3. The van der Waals surface area contributed by atoms with Crippen molar-refractivity contribution >= 4 is 10.8 Å². The van der Waals surface area contributed by atoms with Crippen molar-refractivity contribution in [2.45, 2.75) is 13.3 Å². The van der Waals surface area contributed by atoms with Gasteiger partial charge in [-0.3, -0.25) is 0 Å². The molecule has 2 aromatic rings. The van der Waals surface area contributed by atoms with Crippen LogP contribution in [-0.4, -0.2) is 25.5 Å². The minimum absolute atomic E-state index is 0. The molecule has 2 aromatic carbocycles. The fraction of sp³-hybridized carbons (Fsp3) is 0.357. The summed E-state index contributed by atoms with van der Waals surface area (Å²) in [5.41, 5.74) is 2.94. The van der Waals surface area contributed by atoms with Crippen LogP contribution in [0.15, 0.2) is 30.3 Å². The Kier molecular flexibility index (Phi) is 10.3. The standard InChI is InChI=1S/C14H18N.2ClH.Ti/c1-11-12(8-9-15(2)3)10-13-6-4-5-7-14(11)13;;;/h4-7,10H,8-9H2,1-3H3;2*1H;/q-1;;;+3/p-2. The van der Waals surface area contributed by atoms with E-state index in [1.54, 1.807) is 0 Å². The summed E-state index contributed by atoms with van der Waals surface area (Å²) < 4.78 is 0. The number of aryl methyl sites for hydroxylation is 1. The molecule has 0 aliphatic carbocycles. The zero-order valence-corrected chi connectivity index (χ0v) is 14.1. The quantitative estimate of drug-likeness (QED) is 0.430. The van der Waals surface area contributed by atoms with Crippen LogP contribution in [-0.2, 0) is 28.1 Å². The third-order valence-electron chi connectivity index (χ3n) is 3.00. The van der Waals surface area contributed by atoms with Crippen molar-refractivity contribution in [1.29, 1.82) is 0 Å². The van der Waals surface area contributed by atoms with E-state index >= 15 is 0 Å². The van der Waals surface area contributed by atoms with Crippen molar-refractivity contribution in [2.24, 2.45) is 0 Å². The zero-order chi connectivity index (χ0) is 10.8. The molecule has 0 aliphatic rings. The zero-order valence-electron chi connectivity index (χ0n) is 11.0. The smallest absolute Gasteiger partial charge is 1.00 e. The van der Waals surface area contributed by atoms with Gasteiger partial charge in [0, 0.05) is 6.54 Å². The first kappa shape index (κ1) is 20.4. The summed E-state index contributed by atoms with van der Waals surface area (Å²) in [6.45, 7) is 3.35. The molecule has 18 heavy (non-hydrogen) atoms. The number of nitrogens with zero attached hydrogens (tertiary/aromatic N) is 1. The Hall–Kier alpha value is 0.0843. The van der Waals surface area contributed by atoms with Crippen molar-refractivity contribution < 1.29 is 46.5 Å². The van der Waals surface area contributed by atoms with Gasteiger partial charge in [0.2, 0.25) is 0 Å². The van der Waals surface area contributed by atoms with Gasteiger partial charge in [0.15, 0.2) is 0 Å². The molecular formula is C14H18Cl2NTi. The van der Waals surface area contributed by atoms with Crippen LogP contribution >= 0.6 is 0 Å². The van der Waals surface area contributed by atoms with Crippen LogP contribution in [0.1, 0.15) is 11.1 Å². The number of benzene rings is 1. The molecule has 0 atom stereocenters. The normalized spacial score (nSPS) is 9.56. The maximum atomic E-state index is 2.33. The second kappa shape index (κ2) is 9.06. The molecule has 2 rings (SSSR count). The van der Waals surface area contributed by atoms with Crippen LogP contribution in [0.4, 0.5) is 0 Å². The Morgan fingerprint density at radius 1 is 1.11 bits per heavy atom. The third kappa shape index (κ3) is 4.64. The van der Waals surface area contributed by atoms with E-state index in [2.05, 4.69) is 56.3 Å². The Morgan fingerprint density at radius 3 is 2.28 bits per heavy atom. The summed E-state index contributed by atoms with van der Waals surface area (Å²) >= 11 is 0. The molecule has 0 saturated heterocycles. The molecule has 0 spiro atoms. The molecule has 0 heterocycles. The van der Waals surface area contributed by atoms with Crippen LogP contribution in [0, 0.1) is 6.92 Å². The Morgan fingerprint density at radius 2 is 1.72 bits per heavy atom. The van der Waals surface area contributed by atoms with E-state index in [-0.39, 0.29) is 46.5 Å². The van der Waals surface area contributed by atoms with Crippen molar-refractivity contribution in [1.82, 2.24) is 4.90 Å². The van der Waals surface area contributed by atoms with Gasteiger partial charge in [-0.15, -0.1) is 40.6 Å². The minimum Gasteiger partial charge on any atom is -1.00 e. The van der Waals surface area contributed by atoms with E-state index in [1.807, 2.05) is 0 Å². The van der Waals surface area contributed by atoms with E-state index in [0.29, 0.717) is 0 Å². The average molecular weight is 319 g/mol. The fourth-order valence-electron chi connectivity index (χ4n) is 2.04. The molecule has 0 aromatic heterocycles. The van der Waals surface area contributed by atoms with E-state index < -0.39 is 0 Å². The van der Waals surface area contributed by atoms with Crippen LogP contribution in [0.3, 0.4) is 0 Å². The van der Waals surface area contributed by atoms with E-state index in [0.717, 1.165) is 13.0 Å². The summed E-state index contributed by atoms with van der Waals surface area (Å²) in [7, 11) is 4.25.